The average Bonchev–Trinajstić information content (AvgIpc) is 2.87. The highest BCUT2D eigenvalue weighted by Crippen LogP contribution is 2.14. The summed E-state index contributed by atoms with van der Waals surface area (Å²) in [4.78, 5) is 33.0. The first kappa shape index (κ1) is 16.4. The minimum absolute atomic E-state index is 0.0425. The zero-order chi connectivity index (χ0) is 14.8. The largest absolute Gasteiger partial charge is 0.481 e. The fraction of sp³-hybridized carbons (Fsp3) is 0.769. The predicted molar refractivity (Wildman–Crippen MR) is 71.2 cm³/mol. The third kappa shape index (κ3) is 7.73. The van der Waals surface area contributed by atoms with Crippen LogP contribution in [0, 0.1) is 0 Å². The standard InChI is InChI=1S/C13H22N2O5/c16-11(5-1-2-6-12(17)18)15-13(19)14-8-7-10-4-3-9-20-10/h10H,1-9H2,(H,17,18)(H2,14,15,16,19). The Hall–Kier alpha value is -1.63. The molecule has 1 heterocycles. The lowest BCUT2D eigenvalue weighted by atomic mass is 10.2. The Labute approximate surface area is 118 Å². The molecule has 0 saturated carbocycles. The normalized spacial score (nSPS) is 17.7. The van der Waals surface area contributed by atoms with Crippen LogP contribution in [0.25, 0.3) is 0 Å². The van der Waals surface area contributed by atoms with Gasteiger partial charge in [-0.1, -0.05) is 0 Å². The molecule has 7 nitrogen and oxygen atoms in total. The zero-order valence-electron chi connectivity index (χ0n) is 11.5. The summed E-state index contributed by atoms with van der Waals surface area (Å²) in [6, 6.07) is -0.508. The van der Waals surface area contributed by atoms with Crippen molar-refractivity contribution in [3.05, 3.63) is 0 Å². The molecule has 0 bridgehead atoms. The molecule has 3 amide bonds. The van der Waals surface area contributed by atoms with E-state index in [-0.39, 0.29) is 24.9 Å². The van der Waals surface area contributed by atoms with Gasteiger partial charge in [-0.05, 0) is 32.1 Å². The predicted octanol–water partition coefficient (Wildman–Crippen LogP) is 1.03. The van der Waals surface area contributed by atoms with Gasteiger partial charge in [-0.25, -0.2) is 4.79 Å². The van der Waals surface area contributed by atoms with Crippen LogP contribution in [0.1, 0.15) is 44.9 Å². The molecule has 1 rings (SSSR count). The van der Waals surface area contributed by atoms with Crippen LogP contribution in [-0.4, -0.2) is 42.3 Å². The second kappa shape index (κ2) is 9.30. The number of imide groups is 1. The highest BCUT2D eigenvalue weighted by molar-refractivity contribution is 5.94. The minimum Gasteiger partial charge on any atom is -0.481 e. The Morgan fingerprint density at radius 3 is 2.60 bits per heavy atom. The molecule has 1 saturated heterocycles. The van der Waals surface area contributed by atoms with E-state index in [9.17, 15) is 14.4 Å². The molecule has 1 atom stereocenters. The summed E-state index contributed by atoms with van der Waals surface area (Å²) in [6.07, 6.45) is 4.14. The topological polar surface area (TPSA) is 105 Å². The van der Waals surface area contributed by atoms with E-state index in [4.69, 9.17) is 9.84 Å². The maximum atomic E-state index is 11.4. The summed E-state index contributed by atoms with van der Waals surface area (Å²) in [6.45, 7) is 1.26. The third-order valence-electron chi connectivity index (χ3n) is 3.07. The molecule has 0 aromatic carbocycles. The number of rotatable bonds is 8. The van der Waals surface area contributed by atoms with Crippen LogP contribution < -0.4 is 10.6 Å². The number of nitrogens with one attached hydrogen (secondary N) is 2. The van der Waals surface area contributed by atoms with Gasteiger partial charge in [-0.2, -0.15) is 0 Å². The van der Waals surface area contributed by atoms with Gasteiger partial charge in [0.05, 0.1) is 6.10 Å². The lowest BCUT2D eigenvalue weighted by Gasteiger charge is -2.10. The number of hydrogen-bond donors (Lipinski definition) is 3. The summed E-state index contributed by atoms with van der Waals surface area (Å²) >= 11 is 0. The van der Waals surface area contributed by atoms with E-state index in [0.29, 0.717) is 19.4 Å². The van der Waals surface area contributed by atoms with Crippen molar-refractivity contribution in [3.8, 4) is 0 Å². The van der Waals surface area contributed by atoms with Crippen molar-refractivity contribution in [1.29, 1.82) is 0 Å². The number of carboxylic acid groups (broad SMARTS) is 1. The zero-order valence-corrected chi connectivity index (χ0v) is 11.5. The van der Waals surface area contributed by atoms with Crippen molar-refractivity contribution in [2.45, 2.75) is 51.0 Å². The molecule has 0 radical (unpaired) electrons. The molecule has 0 aromatic heterocycles. The van der Waals surface area contributed by atoms with Gasteiger partial charge in [0.2, 0.25) is 5.91 Å². The van der Waals surface area contributed by atoms with Gasteiger partial charge in [-0.3, -0.25) is 14.9 Å². The Morgan fingerprint density at radius 1 is 1.20 bits per heavy atom. The fourth-order valence-corrected chi connectivity index (χ4v) is 2.01. The summed E-state index contributed by atoms with van der Waals surface area (Å²) in [7, 11) is 0. The number of ether oxygens (including phenoxy) is 1. The Morgan fingerprint density at radius 2 is 1.95 bits per heavy atom. The minimum atomic E-state index is -0.878. The number of carbonyl (C=O) groups is 3. The van der Waals surface area contributed by atoms with Gasteiger partial charge < -0.3 is 15.2 Å². The third-order valence-corrected chi connectivity index (χ3v) is 3.07. The van der Waals surface area contributed by atoms with Crippen LogP contribution in [-0.2, 0) is 14.3 Å². The van der Waals surface area contributed by atoms with E-state index in [0.717, 1.165) is 25.9 Å². The molecular formula is C13H22N2O5. The number of carbonyl (C=O) groups excluding carboxylic acids is 2. The summed E-state index contributed by atoms with van der Waals surface area (Å²) in [5.41, 5.74) is 0. The molecule has 7 heteroatoms. The van der Waals surface area contributed by atoms with Crippen molar-refractivity contribution >= 4 is 17.9 Å². The highest BCUT2D eigenvalue weighted by Gasteiger charge is 2.15. The lowest BCUT2D eigenvalue weighted by molar-refractivity contribution is -0.137. The average molecular weight is 286 g/mol. The van der Waals surface area contributed by atoms with Gasteiger partial charge >= 0.3 is 12.0 Å². The first-order valence-electron chi connectivity index (χ1n) is 6.99. The van der Waals surface area contributed by atoms with Crippen molar-refractivity contribution in [2.24, 2.45) is 0 Å². The van der Waals surface area contributed by atoms with Crippen molar-refractivity contribution < 1.29 is 24.2 Å². The highest BCUT2D eigenvalue weighted by atomic mass is 16.5. The van der Waals surface area contributed by atoms with Crippen molar-refractivity contribution in [3.63, 3.8) is 0 Å². The molecular weight excluding hydrogens is 264 g/mol. The van der Waals surface area contributed by atoms with Gasteiger partial charge in [0, 0.05) is 26.0 Å². The molecule has 1 aliphatic heterocycles. The van der Waals surface area contributed by atoms with E-state index in [1.165, 1.54) is 0 Å². The maximum Gasteiger partial charge on any atom is 0.321 e. The molecule has 0 spiro atoms. The summed E-state index contributed by atoms with van der Waals surface area (Å²) in [5, 5.41) is 13.3. The molecule has 0 aromatic rings. The molecule has 1 fully saturated rings. The molecule has 114 valence electrons. The van der Waals surface area contributed by atoms with E-state index in [1.54, 1.807) is 0 Å². The van der Waals surface area contributed by atoms with E-state index in [1.807, 2.05) is 0 Å². The lowest BCUT2D eigenvalue weighted by Crippen LogP contribution is -2.40. The number of hydrogen-bond acceptors (Lipinski definition) is 4. The Bertz CT molecular complexity index is 340. The molecule has 0 aliphatic carbocycles. The number of carboxylic acids is 1. The Kier molecular flexibility index (Phi) is 7.64. The van der Waals surface area contributed by atoms with Gasteiger partial charge in [0.1, 0.15) is 0 Å². The smallest absolute Gasteiger partial charge is 0.321 e. The number of amides is 3. The van der Waals surface area contributed by atoms with Crippen LogP contribution in [0.3, 0.4) is 0 Å². The molecule has 1 aliphatic rings. The monoisotopic (exact) mass is 286 g/mol. The summed E-state index contributed by atoms with van der Waals surface area (Å²) in [5.74, 6) is -1.26. The van der Waals surface area contributed by atoms with Crippen molar-refractivity contribution in [2.75, 3.05) is 13.2 Å². The van der Waals surface area contributed by atoms with E-state index >= 15 is 0 Å². The number of unbranched alkanes of at least 4 members (excludes halogenated alkanes) is 1. The van der Waals surface area contributed by atoms with Crippen LogP contribution in [0.2, 0.25) is 0 Å². The first-order chi connectivity index (χ1) is 9.58. The number of aliphatic carboxylic acids is 1. The maximum absolute atomic E-state index is 11.4. The van der Waals surface area contributed by atoms with Crippen LogP contribution in [0.4, 0.5) is 4.79 Å². The second-order valence-corrected chi connectivity index (χ2v) is 4.83. The van der Waals surface area contributed by atoms with Crippen LogP contribution >= 0.6 is 0 Å². The first-order valence-corrected chi connectivity index (χ1v) is 6.99. The second-order valence-electron chi connectivity index (χ2n) is 4.83. The SMILES string of the molecule is O=C(O)CCCCC(=O)NC(=O)NCCC1CCCO1. The van der Waals surface area contributed by atoms with E-state index < -0.39 is 12.0 Å². The van der Waals surface area contributed by atoms with Gasteiger partial charge in [0.25, 0.3) is 0 Å². The van der Waals surface area contributed by atoms with E-state index in [2.05, 4.69) is 10.6 Å². The quantitative estimate of drug-likeness (QED) is 0.578. The van der Waals surface area contributed by atoms with Gasteiger partial charge in [-0.15, -0.1) is 0 Å². The summed E-state index contributed by atoms with van der Waals surface area (Å²) < 4.78 is 5.41. The molecule has 3 N–H and O–H groups in total. The number of urea groups is 1. The van der Waals surface area contributed by atoms with Crippen molar-refractivity contribution in [1.82, 2.24) is 10.6 Å². The van der Waals surface area contributed by atoms with Crippen LogP contribution in [0.5, 0.6) is 0 Å². The van der Waals surface area contributed by atoms with Crippen LogP contribution in [0.15, 0.2) is 0 Å². The molecule has 1 unspecified atom stereocenters. The fourth-order valence-electron chi connectivity index (χ4n) is 2.01. The molecule has 20 heavy (non-hydrogen) atoms. The van der Waals surface area contributed by atoms with Gasteiger partial charge in [0.15, 0.2) is 0 Å². The Balaban J connectivity index is 1.99.